The molecule has 0 aliphatic heterocycles. The standard InChI is InChI=1S/C7H5BrClF2NO/c1-13-7-5(8)3(6(10)11)2-4(9)12-7/h2,6H,1H3. The summed E-state index contributed by atoms with van der Waals surface area (Å²) in [5.41, 5.74) is -0.225. The van der Waals surface area contributed by atoms with Gasteiger partial charge in [0.2, 0.25) is 5.88 Å². The van der Waals surface area contributed by atoms with Gasteiger partial charge in [0.1, 0.15) is 5.15 Å². The molecule has 1 heterocycles. The maximum Gasteiger partial charge on any atom is 0.265 e. The molecule has 0 aromatic carbocycles. The van der Waals surface area contributed by atoms with E-state index >= 15 is 0 Å². The fourth-order valence-electron chi connectivity index (χ4n) is 0.788. The van der Waals surface area contributed by atoms with Crippen LogP contribution < -0.4 is 4.74 Å². The van der Waals surface area contributed by atoms with Gasteiger partial charge in [0, 0.05) is 5.56 Å². The van der Waals surface area contributed by atoms with E-state index < -0.39 is 6.43 Å². The largest absolute Gasteiger partial charge is 0.480 e. The monoisotopic (exact) mass is 271 g/mol. The van der Waals surface area contributed by atoms with Crippen molar-refractivity contribution >= 4 is 27.5 Å². The van der Waals surface area contributed by atoms with Gasteiger partial charge in [0.15, 0.2) is 0 Å². The van der Waals surface area contributed by atoms with Crippen molar-refractivity contribution in [2.24, 2.45) is 0 Å². The van der Waals surface area contributed by atoms with Crippen molar-refractivity contribution in [3.63, 3.8) is 0 Å². The number of rotatable bonds is 2. The zero-order valence-corrected chi connectivity index (χ0v) is 8.86. The van der Waals surface area contributed by atoms with Crippen LogP contribution in [0.5, 0.6) is 5.88 Å². The second-order valence-corrected chi connectivity index (χ2v) is 3.34. The predicted molar refractivity (Wildman–Crippen MR) is 48.5 cm³/mol. The molecule has 0 radical (unpaired) electrons. The van der Waals surface area contributed by atoms with E-state index in [1.165, 1.54) is 7.11 Å². The van der Waals surface area contributed by atoms with Crippen LogP contribution in [-0.2, 0) is 0 Å². The van der Waals surface area contributed by atoms with Crippen LogP contribution in [0.25, 0.3) is 0 Å². The van der Waals surface area contributed by atoms with E-state index in [4.69, 9.17) is 16.3 Å². The van der Waals surface area contributed by atoms with Crippen LogP contribution in [-0.4, -0.2) is 12.1 Å². The molecule has 1 aromatic rings. The van der Waals surface area contributed by atoms with Gasteiger partial charge in [-0.25, -0.2) is 13.8 Å². The normalized spacial score (nSPS) is 10.6. The summed E-state index contributed by atoms with van der Waals surface area (Å²) in [6.45, 7) is 0. The van der Waals surface area contributed by atoms with Crippen molar-refractivity contribution in [3.05, 3.63) is 21.3 Å². The number of ether oxygens (including phenoxy) is 1. The first-order valence-corrected chi connectivity index (χ1v) is 4.41. The van der Waals surface area contributed by atoms with E-state index in [1.807, 2.05) is 0 Å². The maximum atomic E-state index is 12.4. The number of halogens is 4. The van der Waals surface area contributed by atoms with Crippen molar-refractivity contribution in [3.8, 4) is 5.88 Å². The summed E-state index contributed by atoms with van der Waals surface area (Å²) in [4.78, 5) is 3.70. The fourth-order valence-corrected chi connectivity index (χ4v) is 1.52. The van der Waals surface area contributed by atoms with Crippen LogP contribution in [0.2, 0.25) is 5.15 Å². The third-order valence-corrected chi connectivity index (χ3v) is 2.34. The van der Waals surface area contributed by atoms with Gasteiger partial charge in [-0.3, -0.25) is 0 Å². The molecule has 0 unspecified atom stereocenters. The van der Waals surface area contributed by atoms with Crippen molar-refractivity contribution in [2.75, 3.05) is 7.11 Å². The topological polar surface area (TPSA) is 22.1 Å². The van der Waals surface area contributed by atoms with Crippen molar-refractivity contribution < 1.29 is 13.5 Å². The first-order valence-electron chi connectivity index (χ1n) is 3.24. The van der Waals surface area contributed by atoms with E-state index in [0.29, 0.717) is 0 Å². The van der Waals surface area contributed by atoms with E-state index in [2.05, 4.69) is 20.9 Å². The molecule has 0 fully saturated rings. The molecular weight excluding hydrogens is 267 g/mol. The average molecular weight is 272 g/mol. The van der Waals surface area contributed by atoms with Crippen LogP contribution >= 0.6 is 27.5 Å². The van der Waals surface area contributed by atoms with Gasteiger partial charge in [-0.05, 0) is 22.0 Å². The Morgan fingerprint density at radius 1 is 1.62 bits per heavy atom. The highest BCUT2D eigenvalue weighted by atomic mass is 79.9. The Kier molecular flexibility index (Phi) is 3.44. The molecule has 1 aromatic heterocycles. The molecule has 0 bridgehead atoms. The lowest BCUT2D eigenvalue weighted by Crippen LogP contribution is -1.95. The molecule has 13 heavy (non-hydrogen) atoms. The first-order chi connectivity index (χ1) is 6.06. The highest BCUT2D eigenvalue weighted by Crippen LogP contribution is 2.34. The van der Waals surface area contributed by atoms with Crippen LogP contribution in [0.15, 0.2) is 10.5 Å². The lowest BCUT2D eigenvalue weighted by Gasteiger charge is -2.07. The van der Waals surface area contributed by atoms with Crippen molar-refractivity contribution in [1.82, 2.24) is 4.98 Å². The smallest absolute Gasteiger partial charge is 0.265 e. The van der Waals surface area contributed by atoms with Crippen LogP contribution in [0, 0.1) is 0 Å². The predicted octanol–water partition coefficient (Wildman–Crippen LogP) is 3.44. The number of pyridine rings is 1. The molecule has 0 saturated heterocycles. The van der Waals surface area contributed by atoms with Crippen molar-refractivity contribution in [2.45, 2.75) is 6.43 Å². The summed E-state index contributed by atoms with van der Waals surface area (Å²) in [7, 11) is 1.33. The van der Waals surface area contributed by atoms with Gasteiger partial charge in [-0.2, -0.15) is 0 Å². The highest BCUT2D eigenvalue weighted by Gasteiger charge is 2.17. The Morgan fingerprint density at radius 2 is 2.23 bits per heavy atom. The second-order valence-electron chi connectivity index (χ2n) is 2.16. The summed E-state index contributed by atoms with van der Waals surface area (Å²) in [6.07, 6.45) is -2.61. The minimum atomic E-state index is -2.61. The Balaban J connectivity index is 3.27. The van der Waals surface area contributed by atoms with Crippen LogP contribution in [0.1, 0.15) is 12.0 Å². The third kappa shape index (κ3) is 2.28. The Hall–Kier alpha value is -0.420. The van der Waals surface area contributed by atoms with Gasteiger partial charge in [0.25, 0.3) is 6.43 Å². The highest BCUT2D eigenvalue weighted by molar-refractivity contribution is 9.10. The van der Waals surface area contributed by atoms with Crippen molar-refractivity contribution in [1.29, 1.82) is 0 Å². The molecule has 0 aliphatic rings. The molecule has 2 nitrogen and oxygen atoms in total. The maximum absolute atomic E-state index is 12.4. The average Bonchev–Trinajstić information content (AvgIpc) is 2.08. The fraction of sp³-hybridized carbons (Fsp3) is 0.286. The van der Waals surface area contributed by atoms with Gasteiger partial charge in [0.05, 0.1) is 11.6 Å². The zero-order valence-electron chi connectivity index (χ0n) is 6.52. The summed E-state index contributed by atoms with van der Waals surface area (Å²) in [6, 6.07) is 1.10. The van der Waals surface area contributed by atoms with Crippen LogP contribution in [0.3, 0.4) is 0 Å². The number of alkyl halides is 2. The number of nitrogens with zero attached hydrogens (tertiary/aromatic N) is 1. The Labute approximate surface area is 87.0 Å². The SMILES string of the molecule is COc1nc(Cl)cc(C(F)F)c1Br. The van der Waals surface area contributed by atoms with E-state index in [1.54, 1.807) is 0 Å². The molecule has 0 amide bonds. The van der Waals surface area contributed by atoms with Gasteiger partial charge in [-0.1, -0.05) is 11.6 Å². The first kappa shape index (κ1) is 10.7. The quantitative estimate of drug-likeness (QED) is 0.769. The molecule has 0 aliphatic carbocycles. The molecule has 0 spiro atoms. The second kappa shape index (κ2) is 4.19. The Bertz CT molecular complexity index is 322. The zero-order chi connectivity index (χ0) is 10.0. The van der Waals surface area contributed by atoms with Gasteiger partial charge in [-0.15, -0.1) is 0 Å². The summed E-state index contributed by atoms with van der Waals surface area (Å²) in [5.74, 6) is 0.0581. The lowest BCUT2D eigenvalue weighted by atomic mass is 10.3. The van der Waals surface area contributed by atoms with E-state index in [0.717, 1.165) is 6.07 Å². The molecule has 6 heteroatoms. The molecule has 1 rings (SSSR count). The van der Waals surface area contributed by atoms with E-state index in [9.17, 15) is 8.78 Å². The summed E-state index contributed by atoms with van der Waals surface area (Å²) in [5, 5.41) is -0.0182. The summed E-state index contributed by atoms with van der Waals surface area (Å²) < 4.78 is 29.6. The number of hydrogen-bond donors (Lipinski definition) is 0. The molecule has 0 atom stereocenters. The van der Waals surface area contributed by atoms with Gasteiger partial charge < -0.3 is 4.74 Å². The van der Waals surface area contributed by atoms with E-state index in [-0.39, 0.29) is 21.1 Å². The number of hydrogen-bond acceptors (Lipinski definition) is 2. The van der Waals surface area contributed by atoms with Crippen LogP contribution in [0.4, 0.5) is 8.78 Å². The van der Waals surface area contributed by atoms with Gasteiger partial charge >= 0.3 is 0 Å². The third-order valence-electron chi connectivity index (χ3n) is 1.35. The minimum absolute atomic E-state index is 0.0182. The molecule has 0 saturated carbocycles. The number of aromatic nitrogens is 1. The molecule has 0 N–H and O–H groups in total. The summed E-state index contributed by atoms with van der Waals surface area (Å²) >= 11 is 8.45. The lowest BCUT2D eigenvalue weighted by molar-refractivity contribution is 0.150. The Morgan fingerprint density at radius 3 is 2.69 bits per heavy atom. The number of methoxy groups -OCH3 is 1. The minimum Gasteiger partial charge on any atom is -0.480 e. The molecular formula is C7H5BrClF2NO. The molecule has 72 valence electrons.